The summed E-state index contributed by atoms with van der Waals surface area (Å²) in [6, 6.07) is 8.02. The molecule has 2 heterocycles. The van der Waals surface area contributed by atoms with Gasteiger partial charge in [0.2, 0.25) is 11.8 Å². The maximum absolute atomic E-state index is 12.6. The van der Waals surface area contributed by atoms with E-state index in [9.17, 15) is 9.59 Å². The molecule has 0 spiro atoms. The first-order chi connectivity index (χ1) is 9.65. The third-order valence-electron chi connectivity index (χ3n) is 4.26. The lowest BCUT2D eigenvalue weighted by Gasteiger charge is -2.25. The average Bonchev–Trinajstić information content (AvgIpc) is 2.90. The Hall–Kier alpha value is -1.84. The molecule has 1 unspecified atom stereocenters. The lowest BCUT2D eigenvalue weighted by molar-refractivity contribution is -0.139. The fourth-order valence-electron chi connectivity index (χ4n) is 3.09. The van der Waals surface area contributed by atoms with Crippen LogP contribution in [0.25, 0.3) is 0 Å². The van der Waals surface area contributed by atoms with Gasteiger partial charge < -0.3 is 9.80 Å². The van der Waals surface area contributed by atoms with Crippen molar-refractivity contribution < 1.29 is 9.59 Å². The number of carbonyl (C=O) groups excluding carboxylic acids is 2. The third kappa shape index (κ3) is 2.42. The SMILES string of the molecule is Cc1ccc(CN2CCC(=O)N3CCCC3C2=O)cc1. The van der Waals surface area contributed by atoms with Gasteiger partial charge in [-0.15, -0.1) is 0 Å². The van der Waals surface area contributed by atoms with Gasteiger partial charge in [0.25, 0.3) is 0 Å². The molecule has 1 aromatic carbocycles. The van der Waals surface area contributed by atoms with Crippen LogP contribution >= 0.6 is 0 Å². The van der Waals surface area contributed by atoms with Crippen LogP contribution in [0.5, 0.6) is 0 Å². The molecule has 4 nitrogen and oxygen atoms in total. The quantitative estimate of drug-likeness (QED) is 0.822. The molecule has 0 radical (unpaired) electrons. The molecule has 4 heteroatoms. The second kappa shape index (κ2) is 5.27. The van der Waals surface area contributed by atoms with E-state index in [-0.39, 0.29) is 17.9 Å². The Kier molecular flexibility index (Phi) is 3.47. The molecule has 106 valence electrons. The zero-order valence-corrected chi connectivity index (χ0v) is 11.8. The van der Waals surface area contributed by atoms with Crippen LogP contribution in [0.4, 0.5) is 0 Å². The van der Waals surface area contributed by atoms with Crippen LogP contribution < -0.4 is 0 Å². The number of benzene rings is 1. The van der Waals surface area contributed by atoms with Gasteiger partial charge in [-0.2, -0.15) is 0 Å². The third-order valence-corrected chi connectivity index (χ3v) is 4.26. The van der Waals surface area contributed by atoms with Crippen LogP contribution in [0.1, 0.15) is 30.4 Å². The smallest absolute Gasteiger partial charge is 0.245 e. The highest BCUT2D eigenvalue weighted by Crippen LogP contribution is 2.24. The van der Waals surface area contributed by atoms with Crippen LogP contribution in [-0.4, -0.2) is 40.7 Å². The minimum absolute atomic E-state index is 0.119. The van der Waals surface area contributed by atoms with E-state index in [4.69, 9.17) is 0 Å². The number of rotatable bonds is 2. The van der Waals surface area contributed by atoms with Crippen LogP contribution in [0.3, 0.4) is 0 Å². The number of fused-ring (bicyclic) bond motifs is 1. The van der Waals surface area contributed by atoms with Crippen molar-refractivity contribution in [3.05, 3.63) is 35.4 Å². The standard InChI is InChI=1S/C16H20N2O2/c1-12-4-6-13(7-5-12)11-17-10-8-15(19)18-9-2-3-14(18)16(17)20/h4-7,14H,2-3,8-11H2,1H3. The van der Waals surface area contributed by atoms with Crippen LogP contribution in [0.15, 0.2) is 24.3 Å². The van der Waals surface area contributed by atoms with Crippen LogP contribution in [-0.2, 0) is 16.1 Å². The Balaban J connectivity index is 1.77. The van der Waals surface area contributed by atoms with Gasteiger partial charge in [0.1, 0.15) is 6.04 Å². The van der Waals surface area contributed by atoms with E-state index in [2.05, 4.69) is 31.2 Å². The lowest BCUT2D eigenvalue weighted by atomic mass is 10.1. The van der Waals surface area contributed by atoms with Gasteiger partial charge in [0.05, 0.1) is 0 Å². The minimum atomic E-state index is -0.213. The number of aryl methyl sites for hydroxylation is 1. The lowest BCUT2D eigenvalue weighted by Crippen LogP contribution is -2.43. The van der Waals surface area contributed by atoms with Gasteiger partial charge in [-0.1, -0.05) is 29.8 Å². The highest BCUT2D eigenvalue weighted by atomic mass is 16.2. The van der Waals surface area contributed by atoms with Crippen molar-refractivity contribution >= 4 is 11.8 Å². The Morgan fingerprint density at radius 2 is 1.90 bits per heavy atom. The second-order valence-corrected chi connectivity index (χ2v) is 5.74. The number of nitrogens with zero attached hydrogens (tertiary/aromatic N) is 2. The van der Waals surface area contributed by atoms with Gasteiger partial charge in [-0.25, -0.2) is 0 Å². The van der Waals surface area contributed by atoms with Crippen molar-refractivity contribution in [1.29, 1.82) is 0 Å². The Bertz CT molecular complexity index is 524. The van der Waals surface area contributed by atoms with E-state index >= 15 is 0 Å². The Morgan fingerprint density at radius 1 is 1.15 bits per heavy atom. The molecule has 2 aliphatic rings. The van der Waals surface area contributed by atoms with Crippen molar-refractivity contribution in [2.75, 3.05) is 13.1 Å². The van der Waals surface area contributed by atoms with Crippen LogP contribution in [0, 0.1) is 6.92 Å². The first kappa shape index (κ1) is 13.2. The molecule has 0 aromatic heterocycles. The molecular formula is C16H20N2O2. The van der Waals surface area contributed by atoms with E-state index in [1.807, 2.05) is 4.90 Å². The molecule has 2 amide bonds. The molecule has 3 rings (SSSR count). The van der Waals surface area contributed by atoms with Gasteiger partial charge in [-0.05, 0) is 25.3 Å². The highest BCUT2D eigenvalue weighted by Gasteiger charge is 2.38. The fourth-order valence-corrected chi connectivity index (χ4v) is 3.09. The summed E-state index contributed by atoms with van der Waals surface area (Å²) in [7, 11) is 0. The fraction of sp³-hybridized carbons (Fsp3) is 0.500. The van der Waals surface area contributed by atoms with Crippen molar-refractivity contribution in [3.8, 4) is 0 Å². The molecule has 2 fully saturated rings. The molecule has 2 aliphatic heterocycles. The van der Waals surface area contributed by atoms with E-state index < -0.39 is 0 Å². The summed E-state index contributed by atoms with van der Waals surface area (Å²) < 4.78 is 0. The van der Waals surface area contributed by atoms with Crippen molar-refractivity contribution in [2.24, 2.45) is 0 Å². The normalized spacial score (nSPS) is 22.9. The predicted octanol–water partition coefficient (Wildman–Crippen LogP) is 1.72. The number of amides is 2. The number of hydrogen-bond donors (Lipinski definition) is 0. The van der Waals surface area contributed by atoms with Gasteiger partial charge in [0, 0.05) is 26.1 Å². The maximum Gasteiger partial charge on any atom is 0.245 e. The molecule has 0 N–H and O–H groups in total. The van der Waals surface area contributed by atoms with E-state index in [1.54, 1.807) is 4.90 Å². The van der Waals surface area contributed by atoms with E-state index in [1.165, 1.54) is 5.56 Å². The number of carbonyl (C=O) groups is 2. The summed E-state index contributed by atoms with van der Waals surface area (Å²) in [6.07, 6.45) is 2.21. The predicted molar refractivity (Wildman–Crippen MR) is 75.9 cm³/mol. The molecule has 2 saturated heterocycles. The highest BCUT2D eigenvalue weighted by molar-refractivity contribution is 5.90. The van der Waals surface area contributed by atoms with Crippen LogP contribution in [0.2, 0.25) is 0 Å². The summed E-state index contributed by atoms with van der Waals surface area (Å²) in [5, 5.41) is 0. The van der Waals surface area contributed by atoms with Crippen molar-refractivity contribution in [2.45, 2.75) is 38.8 Å². The van der Waals surface area contributed by atoms with Crippen molar-refractivity contribution in [1.82, 2.24) is 9.80 Å². The first-order valence-electron chi connectivity index (χ1n) is 7.29. The zero-order valence-electron chi connectivity index (χ0n) is 11.8. The monoisotopic (exact) mass is 272 g/mol. The molecule has 1 aromatic rings. The number of hydrogen-bond acceptors (Lipinski definition) is 2. The van der Waals surface area contributed by atoms with Gasteiger partial charge in [0.15, 0.2) is 0 Å². The molecular weight excluding hydrogens is 252 g/mol. The van der Waals surface area contributed by atoms with Gasteiger partial charge >= 0.3 is 0 Å². The van der Waals surface area contributed by atoms with E-state index in [0.29, 0.717) is 19.5 Å². The van der Waals surface area contributed by atoms with E-state index in [0.717, 1.165) is 24.9 Å². The zero-order chi connectivity index (χ0) is 14.1. The molecule has 0 aliphatic carbocycles. The Labute approximate surface area is 119 Å². The summed E-state index contributed by atoms with van der Waals surface area (Å²) >= 11 is 0. The maximum atomic E-state index is 12.6. The first-order valence-corrected chi connectivity index (χ1v) is 7.29. The molecule has 1 atom stereocenters. The second-order valence-electron chi connectivity index (χ2n) is 5.74. The molecule has 0 bridgehead atoms. The van der Waals surface area contributed by atoms with Gasteiger partial charge in [-0.3, -0.25) is 9.59 Å². The molecule has 20 heavy (non-hydrogen) atoms. The Morgan fingerprint density at radius 3 is 2.65 bits per heavy atom. The summed E-state index contributed by atoms with van der Waals surface area (Å²) in [6.45, 7) is 3.94. The summed E-state index contributed by atoms with van der Waals surface area (Å²) in [4.78, 5) is 28.2. The summed E-state index contributed by atoms with van der Waals surface area (Å²) in [5.41, 5.74) is 2.34. The minimum Gasteiger partial charge on any atom is -0.336 e. The topological polar surface area (TPSA) is 40.6 Å². The summed E-state index contributed by atoms with van der Waals surface area (Å²) in [5.74, 6) is 0.251. The average molecular weight is 272 g/mol. The molecule has 0 saturated carbocycles. The van der Waals surface area contributed by atoms with Crippen molar-refractivity contribution in [3.63, 3.8) is 0 Å². The largest absolute Gasteiger partial charge is 0.336 e.